The van der Waals surface area contributed by atoms with Gasteiger partial charge in [-0.05, 0) is 24.6 Å². The standard InChI is InChI=1S/C14H17NO3/c1-3-13(16)15-10-11-5-4-6-12(9-11)14(2)17-7-8-18-14/h3-6,9H,1,7-8,10H2,2H3,(H,15,16). The largest absolute Gasteiger partial charge is 0.348 e. The summed E-state index contributed by atoms with van der Waals surface area (Å²) in [5, 5.41) is 2.74. The molecule has 4 heteroatoms. The van der Waals surface area contributed by atoms with Gasteiger partial charge < -0.3 is 14.8 Å². The van der Waals surface area contributed by atoms with Gasteiger partial charge in [0.25, 0.3) is 0 Å². The van der Waals surface area contributed by atoms with E-state index in [-0.39, 0.29) is 5.91 Å². The molecule has 1 aromatic rings. The van der Waals surface area contributed by atoms with E-state index < -0.39 is 5.79 Å². The predicted molar refractivity (Wildman–Crippen MR) is 67.7 cm³/mol. The first-order valence-corrected chi connectivity index (χ1v) is 5.92. The second-order valence-corrected chi connectivity index (χ2v) is 4.26. The third-order valence-electron chi connectivity index (χ3n) is 2.94. The molecule has 18 heavy (non-hydrogen) atoms. The number of hydrogen-bond acceptors (Lipinski definition) is 3. The van der Waals surface area contributed by atoms with Crippen molar-refractivity contribution < 1.29 is 14.3 Å². The van der Waals surface area contributed by atoms with Crippen LogP contribution in [0.1, 0.15) is 18.1 Å². The molecule has 0 aliphatic carbocycles. The quantitative estimate of drug-likeness (QED) is 0.824. The monoisotopic (exact) mass is 247 g/mol. The van der Waals surface area contributed by atoms with E-state index in [0.717, 1.165) is 11.1 Å². The summed E-state index contributed by atoms with van der Waals surface area (Å²) in [7, 11) is 0. The lowest BCUT2D eigenvalue weighted by atomic mass is 10.0. The van der Waals surface area contributed by atoms with Crippen molar-refractivity contribution in [3.63, 3.8) is 0 Å². The first-order valence-electron chi connectivity index (χ1n) is 5.92. The van der Waals surface area contributed by atoms with Crippen LogP contribution in [0.4, 0.5) is 0 Å². The molecule has 0 bridgehead atoms. The smallest absolute Gasteiger partial charge is 0.243 e. The van der Waals surface area contributed by atoms with Gasteiger partial charge in [-0.25, -0.2) is 0 Å². The first-order chi connectivity index (χ1) is 8.64. The van der Waals surface area contributed by atoms with E-state index in [9.17, 15) is 4.79 Å². The molecule has 0 saturated carbocycles. The van der Waals surface area contributed by atoms with Crippen LogP contribution in [-0.2, 0) is 26.6 Å². The molecule has 1 saturated heterocycles. The third kappa shape index (κ3) is 2.78. The summed E-state index contributed by atoms with van der Waals surface area (Å²) < 4.78 is 11.2. The lowest BCUT2D eigenvalue weighted by Crippen LogP contribution is -2.23. The highest BCUT2D eigenvalue weighted by atomic mass is 16.7. The summed E-state index contributed by atoms with van der Waals surface area (Å²) in [6, 6.07) is 7.82. The van der Waals surface area contributed by atoms with Crippen molar-refractivity contribution in [2.45, 2.75) is 19.3 Å². The highest BCUT2D eigenvalue weighted by Crippen LogP contribution is 2.31. The van der Waals surface area contributed by atoms with Gasteiger partial charge in [-0.1, -0.05) is 24.8 Å². The van der Waals surface area contributed by atoms with Crippen molar-refractivity contribution in [3.8, 4) is 0 Å². The minimum Gasteiger partial charge on any atom is -0.348 e. The van der Waals surface area contributed by atoms with Gasteiger partial charge in [0.15, 0.2) is 5.79 Å². The number of carbonyl (C=O) groups excluding carboxylic acids is 1. The topological polar surface area (TPSA) is 47.6 Å². The van der Waals surface area contributed by atoms with Crippen LogP contribution in [0, 0.1) is 0 Å². The van der Waals surface area contributed by atoms with Crippen LogP contribution >= 0.6 is 0 Å². The number of benzene rings is 1. The van der Waals surface area contributed by atoms with Crippen molar-refractivity contribution in [2.24, 2.45) is 0 Å². The number of rotatable bonds is 4. The van der Waals surface area contributed by atoms with Crippen LogP contribution in [0.2, 0.25) is 0 Å². The number of nitrogens with one attached hydrogen (secondary N) is 1. The fourth-order valence-electron chi connectivity index (χ4n) is 1.91. The molecule has 4 nitrogen and oxygen atoms in total. The summed E-state index contributed by atoms with van der Waals surface area (Å²) >= 11 is 0. The van der Waals surface area contributed by atoms with Crippen molar-refractivity contribution in [1.82, 2.24) is 5.32 Å². The Labute approximate surface area is 107 Å². The lowest BCUT2D eigenvalue weighted by Gasteiger charge is -2.23. The first kappa shape index (κ1) is 12.8. The maximum Gasteiger partial charge on any atom is 0.243 e. The molecule has 0 radical (unpaired) electrons. The van der Waals surface area contributed by atoms with Gasteiger partial charge in [0.05, 0.1) is 13.2 Å². The zero-order valence-corrected chi connectivity index (χ0v) is 10.4. The molecule has 0 atom stereocenters. The van der Waals surface area contributed by atoms with Gasteiger partial charge in [-0.3, -0.25) is 4.79 Å². The molecular formula is C14H17NO3. The van der Waals surface area contributed by atoms with Crippen LogP contribution in [0.5, 0.6) is 0 Å². The van der Waals surface area contributed by atoms with Gasteiger partial charge >= 0.3 is 0 Å². The minimum atomic E-state index is -0.668. The summed E-state index contributed by atoms with van der Waals surface area (Å²) in [5.74, 6) is -0.849. The summed E-state index contributed by atoms with van der Waals surface area (Å²) in [4.78, 5) is 11.1. The van der Waals surface area contributed by atoms with Gasteiger partial charge in [-0.2, -0.15) is 0 Å². The van der Waals surface area contributed by atoms with Gasteiger partial charge in [0.1, 0.15) is 0 Å². The van der Waals surface area contributed by atoms with Crippen LogP contribution in [-0.4, -0.2) is 19.1 Å². The number of ether oxygens (including phenoxy) is 2. The Morgan fingerprint density at radius 3 is 2.89 bits per heavy atom. The maximum absolute atomic E-state index is 11.1. The summed E-state index contributed by atoms with van der Waals surface area (Å²) in [6.45, 7) is 6.99. The molecule has 1 heterocycles. The highest BCUT2D eigenvalue weighted by Gasteiger charge is 2.32. The van der Waals surface area contributed by atoms with E-state index in [1.807, 2.05) is 31.2 Å². The Morgan fingerprint density at radius 1 is 1.50 bits per heavy atom. The predicted octanol–water partition coefficient (Wildman–Crippen LogP) is 1.71. The van der Waals surface area contributed by atoms with E-state index in [1.165, 1.54) is 6.08 Å². The lowest BCUT2D eigenvalue weighted by molar-refractivity contribution is -0.149. The van der Waals surface area contributed by atoms with E-state index >= 15 is 0 Å². The van der Waals surface area contributed by atoms with Crippen LogP contribution < -0.4 is 5.32 Å². The molecule has 0 aromatic heterocycles. The third-order valence-corrected chi connectivity index (χ3v) is 2.94. The van der Waals surface area contributed by atoms with E-state index in [4.69, 9.17) is 9.47 Å². The zero-order valence-electron chi connectivity index (χ0n) is 10.4. The molecule has 0 unspecified atom stereocenters. The molecule has 1 amide bonds. The normalized spacial score (nSPS) is 17.4. The molecule has 1 N–H and O–H groups in total. The summed E-state index contributed by atoms with van der Waals surface area (Å²) in [5.41, 5.74) is 1.97. The second kappa shape index (κ2) is 5.33. The highest BCUT2D eigenvalue weighted by molar-refractivity contribution is 5.86. The fraction of sp³-hybridized carbons (Fsp3) is 0.357. The zero-order chi connectivity index (χ0) is 13.0. The Kier molecular flexibility index (Phi) is 3.79. The van der Waals surface area contributed by atoms with Gasteiger partial charge in [0, 0.05) is 12.1 Å². The molecule has 1 aliphatic heterocycles. The van der Waals surface area contributed by atoms with E-state index in [1.54, 1.807) is 0 Å². The van der Waals surface area contributed by atoms with Crippen molar-refractivity contribution in [3.05, 3.63) is 48.0 Å². The van der Waals surface area contributed by atoms with Gasteiger partial charge in [-0.15, -0.1) is 0 Å². The molecule has 96 valence electrons. The second-order valence-electron chi connectivity index (χ2n) is 4.26. The number of amides is 1. The average molecular weight is 247 g/mol. The molecule has 2 rings (SSSR count). The molecule has 0 spiro atoms. The summed E-state index contributed by atoms with van der Waals surface area (Å²) in [6.07, 6.45) is 1.26. The van der Waals surface area contributed by atoms with Crippen LogP contribution in [0.3, 0.4) is 0 Å². The van der Waals surface area contributed by atoms with Crippen molar-refractivity contribution in [1.29, 1.82) is 0 Å². The number of hydrogen-bond donors (Lipinski definition) is 1. The number of carbonyl (C=O) groups is 1. The van der Waals surface area contributed by atoms with Crippen LogP contribution in [0.25, 0.3) is 0 Å². The fourth-order valence-corrected chi connectivity index (χ4v) is 1.91. The van der Waals surface area contributed by atoms with Crippen molar-refractivity contribution >= 4 is 5.91 Å². The van der Waals surface area contributed by atoms with E-state index in [0.29, 0.717) is 19.8 Å². The van der Waals surface area contributed by atoms with Crippen LogP contribution in [0.15, 0.2) is 36.9 Å². The Bertz CT molecular complexity index is 450. The SMILES string of the molecule is C=CC(=O)NCc1cccc(C2(C)OCCO2)c1. The average Bonchev–Trinajstić information content (AvgIpc) is 2.84. The van der Waals surface area contributed by atoms with Crippen molar-refractivity contribution in [2.75, 3.05) is 13.2 Å². The molecule has 1 fully saturated rings. The Hall–Kier alpha value is -1.65. The molecular weight excluding hydrogens is 230 g/mol. The maximum atomic E-state index is 11.1. The molecule has 1 aromatic carbocycles. The Morgan fingerprint density at radius 2 is 2.22 bits per heavy atom. The van der Waals surface area contributed by atoms with E-state index in [2.05, 4.69) is 11.9 Å². The van der Waals surface area contributed by atoms with Gasteiger partial charge in [0.2, 0.25) is 5.91 Å². The Balaban J connectivity index is 2.10. The minimum absolute atomic E-state index is 0.181. The molecule has 1 aliphatic rings.